The van der Waals surface area contributed by atoms with Crippen LogP contribution in [0.25, 0.3) is 12.2 Å². The van der Waals surface area contributed by atoms with Gasteiger partial charge in [-0.3, -0.25) is 0 Å². The Morgan fingerprint density at radius 1 is 0.487 bits per heavy atom. The summed E-state index contributed by atoms with van der Waals surface area (Å²) in [6.45, 7) is 9.71. The Bertz CT molecular complexity index is 1330. The van der Waals surface area contributed by atoms with E-state index in [2.05, 4.69) is 148 Å². The summed E-state index contributed by atoms with van der Waals surface area (Å²) >= 11 is -0.181. The fourth-order valence-corrected chi connectivity index (χ4v) is 13.3. The van der Waals surface area contributed by atoms with Crippen molar-refractivity contribution in [1.29, 1.82) is 0 Å². The largest absolute Gasteiger partial charge is 0.0622 e. The molecule has 196 valence electrons. The van der Waals surface area contributed by atoms with E-state index in [9.17, 15) is 0 Å². The second-order valence-electron chi connectivity index (χ2n) is 10.7. The molecule has 2 aliphatic carbocycles. The van der Waals surface area contributed by atoms with Gasteiger partial charge in [0.2, 0.25) is 0 Å². The van der Waals surface area contributed by atoms with Crippen LogP contribution in [-0.2, 0) is 32.0 Å². The number of hydrogen-bond donors (Lipinski definition) is 0. The number of hydrogen-bond acceptors (Lipinski definition) is 0. The molecule has 2 atom stereocenters. The van der Waals surface area contributed by atoms with Crippen molar-refractivity contribution in [2.45, 2.75) is 21.3 Å². The molecule has 0 aromatic heterocycles. The Morgan fingerprint density at radius 2 is 0.846 bits per heavy atom. The molecule has 3 heteroatoms. The van der Waals surface area contributed by atoms with Crippen molar-refractivity contribution >= 4 is 28.0 Å². The van der Waals surface area contributed by atoms with Crippen LogP contribution < -0.4 is 0 Å². The van der Waals surface area contributed by atoms with E-state index < -0.39 is 0 Å². The van der Waals surface area contributed by atoms with E-state index >= 15 is 0 Å². The average molecular weight is 581 g/mol. The zero-order valence-corrected chi connectivity index (χ0v) is 26.9. The summed E-state index contributed by atoms with van der Waals surface area (Å²) in [5, 5.41) is 3.47. The maximum Gasteiger partial charge on any atom is -0.0238 e. The SMILES string of the molecule is CP(C)C1=Cc2ccccc2[CH]1[Ti][CH]1C(P(C)C)=Cc2ccccc21.c1ccc(CCc2ccccc2)cc1. The fraction of sp³-hybridized carbons (Fsp3) is 0.222. The molecular formula is C36H38P2Ti. The van der Waals surface area contributed by atoms with Crippen molar-refractivity contribution in [3.63, 3.8) is 0 Å². The maximum absolute atomic E-state index is 2.51. The van der Waals surface area contributed by atoms with Crippen LogP contribution in [0.3, 0.4) is 0 Å². The molecule has 0 nitrogen and oxygen atoms in total. The Labute approximate surface area is 247 Å². The molecule has 0 amide bonds. The van der Waals surface area contributed by atoms with Gasteiger partial charge in [0.1, 0.15) is 0 Å². The summed E-state index contributed by atoms with van der Waals surface area (Å²) in [4.78, 5) is 0. The first-order chi connectivity index (χ1) is 19.0. The van der Waals surface area contributed by atoms with Gasteiger partial charge in [-0.05, 0) is 24.0 Å². The third kappa shape index (κ3) is 6.99. The van der Waals surface area contributed by atoms with Crippen LogP contribution in [0.5, 0.6) is 0 Å². The van der Waals surface area contributed by atoms with Crippen molar-refractivity contribution in [3.8, 4) is 0 Å². The minimum Gasteiger partial charge on any atom is -0.0622 e. The molecule has 39 heavy (non-hydrogen) atoms. The van der Waals surface area contributed by atoms with E-state index in [0.29, 0.717) is 8.45 Å². The minimum absolute atomic E-state index is 0.0262. The summed E-state index contributed by atoms with van der Waals surface area (Å²) in [6, 6.07) is 39.5. The monoisotopic (exact) mass is 580 g/mol. The van der Waals surface area contributed by atoms with Crippen LogP contribution >= 0.6 is 15.8 Å². The molecule has 2 aliphatic rings. The van der Waals surface area contributed by atoms with E-state index in [1.165, 1.54) is 22.3 Å². The van der Waals surface area contributed by atoms with Crippen LogP contribution in [0.15, 0.2) is 120 Å². The smallest absolute Gasteiger partial charge is 0.0238 e. The van der Waals surface area contributed by atoms with Crippen molar-refractivity contribution in [2.75, 3.05) is 26.7 Å². The predicted molar refractivity (Wildman–Crippen MR) is 172 cm³/mol. The van der Waals surface area contributed by atoms with Crippen molar-refractivity contribution < 1.29 is 19.2 Å². The summed E-state index contributed by atoms with van der Waals surface area (Å²) in [7, 11) is -0.0523. The van der Waals surface area contributed by atoms with Crippen LogP contribution in [0.2, 0.25) is 0 Å². The van der Waals surface area contributed by atoms with Gasteiger partial charge in [0.25, 0.3) is 0 Å². The number of benzene rings is 4. The molecule has 0 saturated heterocycles. The molecule has 0 radical (unpaired) electrons. The Balaban J connectivity index is 0.000000186. The molecule has 0 N–H and O–H groups in total. The van der Waals surface area contributed by atoms with Gasteiger partial charge in [-0.15, -0.1) is 0 Å². The average Bonchev–Trinajstić information content (AvgIpc) is 3.53. The predicted octanol–water partition coefficient (Wildman–Crippen LogP) is 10.2. The number of rotatable bonds is 7. The molecule has 4 aromatic rings. The standard InChI is InChI=1S/C14H14.2C11H12P.Ti/c1-3-7-13(8-4-1)11-12-14-9-5-2-6-10-14;2*1-12(2)11-7-9-5-3-4-6-10(9)8-11;/h1-10H,11-12H2;2*3-8H,1-2H3;. The van der Waals surface area contributed by atoms with Gasteiger partial charge in [0.05, 0.1) is 0 Å². The zero-order chi connectivity index (χ0) is 27.2. The summed E-state index contributed by atoms with van der Waals surface area (Å²) in [5.74, 6) is 0. The molecule has 0 saturated carbocycles. The van der Waals surface area contributed by atoms with E-state index in [0.717, 1.165) is 12.8 Å². The second-order valence-corrected chi connectivity index (χ2v) is 17.6. The maximum atomic E-state index is 2.51. The van der Waals surface area contributed by atoms with Crippen LogP contribution in [0.4, 0.5) is 0 Å². The van der Waals surface area contributed by atoms with E-state index in [4.69, 9.17) is 0 Å². The third-order valence-electron chi connectivity index (χ3n) is 7.57. The molecule has 0 aliphatic heterocycles. The quantitative estimate of drug-likeness (QED) is 0.151. The minimum atomic E-state index is -0.181. The van der Waals surface area contributed by atoms with Gasteiger partial charge in [-0.25, -0.2) is 0 Å². The van der Waals surface area contributed by atoms with Gasteiger partial charge < -0.3 is 0 Å². The van der Waals surface area contributed by atoms with E-state index in [1.807, 2.05) is 0 Å². The van der Waals surface area contributed by atoms with Crippen molar-refractivity contribution in [1.82, 2.24) is 0 Å². The molecule has 0 spiro atoms. The summed E-state index contributed by atoms with van der Waals surface area (Å²) in [5.41, 5.74) is 9.00. The Morgan fingerprint density at radius 3 is 1.23 bits per heavy atom. The van der Waals surface area contributed by atoms with Gasteiger partial charge >= 0.3 is 164 Å². The van der Waals surface area contributed by atoms with Crippen LogP contribution in [0, 0.1) is 0 Å². The molecular weight excluding hydrogens is 542 g/mol. The first-order valence-electron chi connectivity index (χ1n) is 13.8. The van der Waals surface area contributed by atoms with Crippen LogP contribution in [0.1, 0.15) is 41.8 Å². The van der Waals surface area contributed by atoms with E-state index in [1.54, 1.807) is 21.8 Å². The molecule has 6 rings (SSSR count). The number of allylic oxidation sites excluding steroid dienone is 2. The first-order valence-corrected chi connectivity index (χ1v) is 20.1. The third-order valence-corrected chi connectivity index (χ3v) is 14.1. The summed E-state index contributed by atoms with van der Waals surface area (Å²) in [6.07, 6.45) is 7.29. The molecule has 4 aromatic carbocycles. The Kier molecular flexibility index (Phi) is 9.87. The Hall–Kier alpha value is -2.07. The zero-order valence-electron chi connectivity index (χ0n) is 23.5. The van der Waals surface area contributed by atoms with Gasteiger partial charge in [0, 0.05) is 0 Å². The van der Waals surface area contributed by atoms with Gasteiger partial charge in [-0.2, -0.15) is 0 Å². The molecule has 0 bridgehead atoms. The van der Waals surface area contributed by atoms with Crippen molar-refractivity contribution in [3.05, 3.63) is 153 Å². The number of aryl methyl sites for hydroxylation is 2. The second kappa shape index (κ2) is 13.5. The van der Waals surface area contributed by atoms with Gasteiger partial charge in [0.15, 0.2) is 0 Å². The molecule has 2 unspecified atom stereocenters. The topological polar surface area (TPSA) is 0 Å². The van der Waals surface area contributed by atoms with Crippen LogP contribution in [-0.4, -0.2) is 26.7 Å². The van der Waals surface area contributed by atoms with Gasteiger partial charge in [-0.1, -0.05) is 60.7 Å². The fourth-order valence-electron chi connectivity index (χ4n) is 5.48. The first kappa shape index (κ1) is 28.5. The summed E-state index contributed by atoms with van der Waals surface area (Å²) < 4.78 is 1.43. The number of fused-ring (bicyclic) bond motifs is 2. The van der Waals surface area contributed by atoms with E-state index in [-0.39, 0.29) is 35.0 Å². The van der Waals surface area contributed by atoms with Crippen molar-refractivity contribution in [2.24, 2.45) is 0 Å². The normalized spacial score (nSPS) is 17.2. The molecule has 0 heterocycles. The molecule has 0 fully saturated rings.